The van der Waals surface area contributed by atoms with Crippen molar-refractivity contribution in [3.8, 4) is 0 Å². The van der Waals surface area contributed by atoms with Crippen LogP contribution in [-0.2, 0) is 23.9 Å². The fourth-order valence-electron chi connectivity index (χ4n) is 3.19. The average molecular weight is 507 g/mol. The van der Waals surface area contributed by atoms with Gasteiger partial charge in [-0.15, -0.1) is 0 Å². The lowest BCUT2D eigenvalue weighted by atomic mass is 9.95. The summed E-state index contributed by atoms with van der Waals surface area (Å²) < 4.78 is 30.8. The minimum atomic E-state index is -1.19. The highest BCUT2D eigenvalue weighted by Gasteiger charge is 2.31. The first-order chi connectivity index (χ1) is 16.9. The average Bonchev–Trinajstić information content (AvgIpc) is 2.73. The van der Waals surface area contributed by atoms with Crippen LogP contribution in [0.15, 0.2) is 48.5 Å². The van der Waals surface area contributed by atoms with Crippen molar-refractivity contribution in [2.75, 3.05) is 17.2 Å². The third-order valence-electron chi connectivity index (χ3n) is 4.89. The molecule has 3 N–H and O–H groups in total. The molecule has 196 valence electrons. The number of ether oxygens (including phenoxy) is 1. The highest BCUT2D eigenvalue weighted by molar-refractivity contribution is 6.05. The van der Waals surface area contributed by atoms with Crippen molar-refractivity contribution < 1.29 is 37.8 Å². The number of carbonyl (C=O) groups is 4. The maximum atomic E-state index is 13.0. The van der Waals surface area contributed by atoms with E-state index >= 15 is 0 Å². The number of halogens is 2. The van der Waals surface area contributed by atoms with Gasteiger partial charge in [-0.1, -0.05) is 39.8 Å². The van der Waals surface area contributed by atoms with Crippen LogP contribution in [0, 0.1) is 35.3 Å². The molecule has 0 radical (unpaired) electrons. The molecule has 10 heteroatoms. The molecule has 0 heterocycles. The number of carboxylic acids is 1. The van der Waals surface area contributed by atoms with E-state index in [0.29, 0.717) is 5.69 Å². The number of hydrogen-bond donors (Lipinski definition) is 3. The number of aliphatic carboxylic acids is 1. The van der Waals surface area contributed by atoms with Crippen LogP contribution in [0.1, 0.15) is 34.6 Å². The second-order valence-electron chi connectivity index (χ2n) is 8.53. The number of rotatable bonds is 9. The number of esters is 1. The molecular formula is C26H32F2N2O6. The zero-order valence-corrected chi connectivity index (χ0v) is 20.9. The van der Waals surface area contributed by atoms with E-state index in [1.807, 2.05) is 0 Å². The zero-order valence-electron chi connectivity index (χ0n) is 20.9. The van der Waals surface area contributed by atoms with Gasteiger partial charge in [0.15, 0.2) is 0 Å². The first kappa shape index (κ1) is 30.2. The normalized spacial score (nSPS) is 12.1. The summed E-state index contributed by atoms with van der Waals surface area (Å²) in [5.74, 6) is -6.39. The Hall–Kier alpha value is -3.82. The molecular weight excluding hydrogens is 474 g/mol. The summed E-state index contributed by atoms with van der Waals surface area (Å²) in [4.78, 5) is 46.4. The molecule has 8 nitrogen and oxygen atoms in total. The predicted octanol–water partition coefficient (Wildman–Crippen LogP) is 4.72. The Morgan fingerprint density at radius 2 is 1.22 bits per heavy atom. The molecule has 2 aromatic carbocycles. The lowest BCUT2D eigenvalue weighted by molar-refractivity contribution is -0.153. The van der Waals surface area contributed by atoms with E-state index in [2.05, 4.69) is 10.6 Å². The number of hydrogen-bond acceptors (Lipinski definition) is 5. The monoisotopic (exact) mass is 506 g/mol. The van der Waals surface area contributed by atoms with Crippen LogP contribution in [0.3, 0.4) is 0 Å². The van der Waals surface area contributed by atoms with Crippen molar-refractivity contribution in [3.63, 3.8) is 0 Å². The number of carboxylic acid groups (broad SMARTS) is 1. The van der Waals surface area contributed by atoms with E-state index in [4.69, 9.17) is 9.84 Å². The van der Waals surface area contributed by atoms with Crippen LogP contribution in [-0.4, -0.2) is 35.5 Å². The summed E-state index contributed by atoms with van der Waals surface area (Å²) in [6, 6.07) is 10.8. The van der Waals surface area contributed by atoms with E-state index in [0.717, 1.165) is 6.07 Å². The van der Waals surface area contributed by atoms with Gasteiger partial charge in [0, 0.05) is 11.4 Å². The number of benzene rings is 2. The second-order valence-corrected chi connectivity index (χ2v) is 8.53. The molecule has 0 aliphatic heterocycles. The van der Waals surface area contributed by atoms with Gasteiger partial charge < -0.3 is 20.5 Å². The quantitative estimate of drug-likeness (QED) is 0.334. The van der Waals surface area contributed by atoms with E-state index < -0.39 is 47.2 Å². The number of nitrogens with one attached hydrogen (secondary N) is 2. The van der Waals surface area contributed by atoms with Crippen LogP contribution in [0.4, 0.5) is 20.2 Å². The first-order valence-electron chi connectivity index (χ1n) is 11.4. The molecule has 0 bridgehead atoms. The lowest BCUT2D eigenvalue weighted by Gasteiger charge is -2.18. The van der Waals surface area contributed by atoms with E-state index in [-0.39, 0.29) is 24.1 Å². The Kier molecular flexibility index (Phi) is 12.2. The van der Waals surface area contributed by atoms with Crippen molar-refractivity contribution in [3.05, 3.63) is 60.2 Å². The first-order valence-corrected chi connectivity index (χ1v) is 11.4. The molecule has 36 heavy (non-hydrogen) atoms. The number of anilines is 2. The maximum Gasteiger partial charge on any atom is 0.318 e. The van der Waals surface area contributed by atoms with E-state index in [9.17, 15) is 28.0 Å². The minimum absolute atomic E-state index is 0.201. The van der Waals surface area contributed by atoms with Gasteiger partial charge in [0.25, 0.3) is 0 Å². The fraction of sp³-hybridized carbons (Fsp3) is 0.385. The van der Waals surface area contributed by atoms with E-state index in [1.165, 1.54) is 36.4 Å². The van der Waals surface area contributed by atoms with Crippen molar-refractivity contribution in [1.82, 2.24) is 0 Å². The van der Waals surface area contributed by atoms with Gasteiger partial charge in [0.1, 0.15) is 23.5 Å². The molecule has 2 rings (SSSR count). The molecule has 0 saturated carbocycles. The molecule has 0 spiro atoms. The number of carbonyl (C=O) groups excluding carboxylic acids is 3. The summed E-state index contributed by atoms with van der Waals surface area (Å²) in [6.07, 6.45) is 0. The third kappa shape index (κ3) is 9.81. The lowest BCUT2D eigenvalue weighted by Crippen LogP contribution is -2.35. The maximum absolute atomic E-state index is 13.0. The van der Waals surface area contributed by atoms with Crippen molar-refractivity contribution >= 4 is 35.1 Å². The Balaban J connectivity index is 0.000000362. The van der Waals surface area contributed by atoms with Crippen LogP contribution in [0.2, 0.25) is 0 Å². The molecule has 0 aliphatic carbocycles. The summed E-state index contributed by atoms with van der Waals surface area (Å²) in [6.45, 7) is 8.70. The Bertz CT molecular complexity index is 1060. The summed E-state index contributed by atoms with van der Waals surface area (Å²) in [7, 11) is 0. The van der Waals surface area contributed by atoms with Crippen molar-refractivity contribution in [2.45, 2.75) is 34.6 Å². The van der Waals surface area contributed by atoms with E-state index in [1.54, 1.807) is 40.7 Å². The molecule has 2 unspecified atom stereocenters. The largest absolute Gasteiger partial charge is 0.481 e. The van der Waals surface area contributed by atoms with Gasteiger partial charge in [-0.25, -0.2) is 8.78 Å². The Labute approximate surface area is 209 Å². The third-order valence-corrected chi connectivity index (χ3v) is 4.89. The van der Waals surface area contributed by atoms with Gasteiger partial charge in [0.05, 0.1) is 6.61 Å². The molecule has 0 saturated heterocycles. The summed E-state index contributed by atoms with van der Waals surface area (Å²) >= 11 is 0. The van der Waals surface area contributed by atoms with Crippen LogP contribution in [0.25, 0.3) is 0 Å². The van der Waals surface area contributed by atoms with Gasteiger partial charge >= 0.3 is 11.9 Å². The minimum Gasteiger partial charge on any atom is -0.481 e. The molecule has 2 aromatic rings. The fourth-order valence-corrected chi connectivity index (χ4v) is 3.19. The summed E-state index contributed by atoms with van der Waals surface area (Å²) in [5.41, 5.74) is 0.571. The standard InChI is InChI=1S/C14H18FNO3.C12H14FNO3/c1-4-19-14(18)12(9(2)3)13(17)16-11-7-5-6-10(15)8-11;1-7(2)10(12(16)17)11(15)14-9-5-3-4-8(13)6-9/h5-9,12H,4H2,1-3H3,(H,16,17);3-7,10H,1-2H3,(H,14,15)(H,16,17). The highest BCUT2D eigenvalue weighted by atomic mass is 19.1. The van der Waals surface area contributed by atoms with Crippen molar-refractivity contribution in [2.24, 2.45) is 23.7 Å². The predicted molar refractivity (Wildman–Crippen MR) is 131 cm³/mol. The molecule has 2 atom stereocenters. The van der Waals surface area contributed by atoms with Crippen LogP contribution in [0.5, 0.6) is 0 Å². The topological polar surface area (TPSA) is 122 Å². The second kappa shape index (κ2) is 14.6. The van der Waals surface area contributed by atoms with Gasteiger partial charge in [-0.3, -0.25) is 19.2 Å². The van der Waals surface area contributed by atoms with Gasteiger partial charge in [0.2, 0.25) is 11.8 Å². The Morgan fingerprint density at radius 3 is 1.56 bits per heavy atom. The zero-order chi connectivity index (χ0) is 27.4. The smallest absolute Gasteiger partial charge is 0.318 e. The molecule has 2 amide bonds. The van der Waals surface area contributed by atoms with Gasteiger partial charge in [-0.05, 0) is 55.2 Å². The van der Waals surface area contributed by atoms with Crippen LogP contribution < -0.4 is 10.6 Å². The SMILES string of the molecule is CC(C)C(C(=O)O)C(=O)Nc1cccc(F)c1.CCOC(=O)C(C(=O)Nc1cccc(F)c1)C(C)C. The molecule has 0 fully saturated rings. The highest BCUT2D eigenvalue weighted by Crippen LogP contribution is 2.18. The van der Waals surface area contributed by atoms with Gasteiger partial charge in [-0.2, -0.15) is 0 Å². The van der Waals surface area contributed by atoms with Crippen LogP contribution >= 0.6 is 0 Å². The summed E-state index contributed by atoms with van der Waals surface area (Å²) in [5, 5.41) is 13.8. The van der Waals surface area contributed by atoms with Crippen molar-refractivity contribution in [1.29, 1.82) is 0 Å². The Morgan fingerprint density at radius 1 is 0.806 bits per heavy atom. The molecule has 0 aliphatic rings. The number of amides is 2. The molecule has 0 aromatic heterocycles.